The fourth-order valence-corrected chi connectivity index (χ4v) is 1.99. The van der Waals surface area contributed by atoms with Gasteiger partial charge in [0.05, 0.1) is 6.33 Å². The second kappa shape index (κ2) is 5.05. The number of hydrogen-bond donors (Lipinski definition) is 4. The van der Waals surface area contributed by atoms with Gasteiger partial charge in [0.1, 0.15) is 11.7 Å². The minimum atomic E-state index is -0.416. The zero-order valence-corrected chi connectivity index (χ0v) is 10.1. The van der Waals surface area contributed by atoms with E-state index in [1.165, 1.54) is 6.33 Å². The highest BCUT2D eigenvalue weighted by Gasteiger charge is 2.30. The second-order valence-corrected chi connectivity index (χ2v) is 4.00. The minimum absolute atomic E-state index is 0.0355. The van der Waals surface area contributed by atoms with Crippen molar-refractivity contribution >= 4 is 17.4 Å². The summed E-state index contributed by atoms with van der Waals surface area (Å²) >= 11 is 0. The summed E-state index contributed by atoms with van der Waals surface area (Å²) in [5.41, 5.74) is 5.36. The average molecular weight is 252 g/mol. The van der Waals surface area contributed by atoms with Crippen LogP contribution in [-0.2, 0) is 4.79 Å². The predicted molar refractivity (Wildman–Crippen MR) is 67.3 cm³/mol. The number of aromatic amines is 1. The molecular weight excluding hydrogens is 236 g/mol. The first-order valence-electron chi connectivity index (χ1n) is 5.67. The normalized spacial score (nSPS) is 19.6. The van der Waals surface area contributed by atoms with Gasteiger partial charge in [0, 0.05) is 26.7 Å². The molecule has 8 heteroatoms. The number of nitrogens with two attached hydrogens (primary N) is 1. The summed E-state index contributed by atoms with van der Waals surface area (Å²) in [7, 11) is 1.57. The molecule has 0 aromatic carbocycles. The minimum Gasteiger partial charge on any atom is -0.391 e. The summed E-state index contributed by atoms with van der Waals surface area (Å²) in [4.78, 5) is 31.5. The van der Waals surface area contributed by atoms with E-state index in [0.717, 1.165) is 0 Å². The Balaban J connectivity index is 2.37. The third kappa shape index (κ3) is 2.14. The lowest BCUT2D eigenvalue weighted by Crippen LogP contribution is -2.58. The number of nitrogens with zero attached hydrogens (tertiary/aromatic N) is 2. The van der Waals surface area contributed by atoms with Gasteiger partial charge in [-0.15, -0.1) is 0 Å². The van der Waals surface area contributed by atoms with E-state index in [0.29, 0.717) is 25.5 Å². The van der Waals surface area contributed by atoms with Crippen molar-refractivity contribution in [2.45, 2.75) is 6.04 Å². The molecule has 0 spiro atoms. The molecule has 1 atom stereocenters. The van der Waals surface area contributed by atoms with E-state index in [2.05, 4.69) is 20.6 Å². The number of hydrogen-bond acceptors (Lipinski definition) is 6. The average Bonchev–Trinajstić information content (AvgIpc) is 2.41. The Hall–Kier alpha value is -2.09. The van der Waals surface area contributed by atoms with Crippen molar-refractivity contribution in [2.75, 3.05) is 37.3 Å². The first-order chi connectivity index (χ1) is 8.65. The lowest BCUT2D eigenvalue weighted by atomic mass is 10.1. The Kier molecular flexibility index (Phi) is 3.47. The molecule has 8 nitrogen and oxygen atoms in total. The van der Waals surface area contributed by atoms with E-state index in [9.17, 15) is 9.59 Å². The highest BCUT2D eigenvalue weighted by Crippen LogP contribution is 2.19. The Morgan fingerprint density at radius 2 is 2.44 bits per heavy atom. The number of aromatic nitrogens is 2. The third-order valence-electron chi connectivity index (χ3n) is 2.93. The lowest BCUT2D eigenvalue weighted by molar-refractivity contribution is -0.122. The number of carbonyl (C=O) groups excluding carboxylic acids is 1. The van der Waals surface area contributed by atoms with Crippen molar-refractivity contribution in [1.82, 2.24) is 20.6 Å². The van der Waals surface area contributed by atoms with Crippen LogP contribution in [0, 0.1) is 0 Å². The van der Waals surface area contributed by atoms with Crippen LogP contribution in [0.2, 0.25) is 0 Å². The summed E-state index contributed by atoms with van der Waals surface area (Å²) in [6.07, 6.45) is 1.29. The Morgan fingerprint density at radius 1 is 1.67 bits per heavy atom. The number of nitrogens with one attached hydrogen (secondary N) is 3. The molecule has 0 radical (unpaired) electrons. The van der Waals surface area contributed by atoms with Gasteiger partial charge in [0.25, 0.3) is 5.56 Å². The van der Waals surface area contributed by atoms with Gasteiger partial charge < -0.3 is 26.3 Å². The molecule has 1 amide bonds. The molecular formula is C10H16N6O2. The first-order valence-corrected chi connectivity index (χ1v) is 5.67. The van der Waals surface area contributed by atoms with Crippen LogP contribution in [0.1, 0.15) is 0 Å². The number of likely N-dealkylation sites (N-methyl/N-ethyl adjacent to an activating group) is 1. The topological polar surface area (TPSA) is 116 Å². The summed E-state index contributed by atoms with van der Waals surface area (Å²) in [6, 6.07) is -0.416. The maximum atomic E-state index is 11.8. The Morgan fingerprint density at radius 3 is 3.17 bits per heavy atom. The molecule has 98 valence electrons. The van der Waals surface area contributed by atoms with Crippen LogP contribution in [-0.4, -0.2) is 48.6 Å². The lowest BCUT2D eigenvalue weighted by Gasteiger charge is -2.35. The number of piperazine rings is 1. The van der Waals surface area contributed by atoms with Crippen LogP contribution >= 0.6 is 0 Å². The Labute approximate surface area is 104 Å². The van der Waals surface area contributed by atoms with Gasteiger partial charge in [-0.1, -0.05) is 0 Å². The molecule has 0 bridgehead atoms. The fourth-order valence-electron chi connectivity index (χ4n) is 1.99. The fraction of sp³-hybridized carbons (Fsp3) is 0.500. The van der Waals surface area contributed by atoms with E-state index in [-0.39, 0.29) is 11.6 Å². The molecule has 5 N–H and O–H groups in total. The molecule has 1 fully saturated rings. The van der Waals surface area contributed by atoms with Gasteiger partial charge >= 0.3 is 0 Å². The van der Waals surface area contributed by atoms with Gasteiger partial charge in [-0.2, -0.15) is 0 Å². The van der Waals surface area contributed by atoms with Crippen molar-refractivity contribution in [3.63, 3.8) is 0 Å². The van der Waals surface area contributed by atoms with Gasteiger partial charge in [-0.05, 0) is 0 Å². The summed E-state index contributed by atoms with van der Waals surface area (Å²) < 4.78 is 0. The molecule has 1 aromatic heterocycles. The molecule has 0 aliphatic carbocycles. The van der Waals surface area contributed by atoms with E-state index >= 15 is 0 Å². The first kappa shape index (κ1) is 12.4. The molecule has 0 saturated carbocycles. The van der Waals surface area contributed by atoms with E-state index in [1.54, 1.807) is 11.9 Å². The van der Waals surface area contributed by atoms with E-state index in [4.69, 9.17) is 5.73 Å². The number of nitrogen functional groups attached to an aromatic ring is 1. The summed E-state index contributed by atoms with van der Waals surface area (Å²) in [6.45, 7) is 1.77. The molecule has 18 heavy (non-hydrogen) atoms. The SMILES string of the molecule is CNC(=O)C1CNCCN1c1nc[nH]c(=O)c1N. The molecule has 1 saturated heterocycles. The van der Waals surface area contributed by atoms with Crippen LogP contribution < -0.4 is 26.8 Å². The molecule has 2 heterocycles. The summed E-state index contributed by atoms with van der Waals surface area (Å²) in [5.74, 6) is 0.220. The largest absolute Gasteiger partial charge is 0.391 e. The maximum absolute atomic E-state index is 11.8. The van der Waals surface area contributed by atoms with Crippen molar-refractivity contribution < 1.29 is 4.79 Å². The molecule has 2 rings (SSSR count). The number of H-pyrrole nitrogens is 1. The predicted octanol–water partition coefficient (Wildman–Crippen LogP) is -2.12. The second-order valence-electron chi connectivity index (χ2n) is 4.00. The van der Waals surface area contributed by atoms with Gasteiger partial charge in [0.2, 0.25) is 5.91 Å². The number of amides is 1. The van der Waals surface area contributed by atoms with Crippen LogP contribution in [0.5, 0.6) is 0 Å². The molecule has 1 aliphatic rings. The highest BCUT2D eigenvalue weighted by molar-refractivity contribution is 5.86. The van der Waals surface area contributed by atoms with Crippen molar-refractivity contribution in [3.8, 4) is 0 Å². The maximum Gasteiger partial charge on any atom is 0.276 e. The zero-order valence-electron chi connectivity index (χ0n) is 10.1. The number of rotatable bonds is 2. The van der Waals surface area contributed by atoms with Crippen molar-refractivity contribution in [2.24, 2.45) is 0 Å². The van der Waals surface area contributed by atoms with Gasteiger partial charge in [0.15, 0.2) is 5.82 Å². The van der Waals surface area contributed by atoms with Crippen LogP contribution in [0.4, 0.5) is 11.5 Å². The molecule has 1 aromatic rings. The standard InChI is InChI=1S/C10H16N6O2/c1-12-9(17)6-4-13-2-3-16(6)8-7(11)10(18)15-5-14-8/h5-6,13H,2-4,11H2,1H3,(H,12,17)(H,14,15,18). The van der Waals surface area contributed by atoms with Gasteiger partial charge in [-0.3, -0.25) is 9.59 Å². The molecule has 1 unspecified atom stereocenters. The monoisotopic (exact) mass is 252 g/mol. The number of anilines is 2. The van der Waals surface area contributed by atoms with Crippen LogP contribution in [0.3, 0.4) is 0 Å². The smallest absolute Gasteiger partial charge is 0.276 e. The van der Waals surface area contributed by atoms with Crippen LogP contribution in [0.15, 0.2) is 11.1 Å². The highest BCUT2D eigenvalue weighted by atomic mass is 16.2. The quantitative estimate of drug-likeness (QED) is 0.478. The van der Waals surface area contributed by atoms with Crippen molar-refractivity contribution in [1.29, 1.82) is 0 Å². The van der Waals surface area contributed by atoms with E-state index in [1.807, 2.05) is 0 Å². The molecule has 1 aliphatic heterocycles. The summed E-state index contributed by atoms with van der Waals surface area (Å²) in [5, 5.41) is 5.72. The third-order valence-corrected chi connectivity index (χ3v) is 2.93. The van der Waals surface area contributed by atoms with Crippen molar-refractivity contribution in [3.05, 3.63) is 16.7 Å². The Bertz CT molecular complexity index is 499. The number of carbonyl (C=O) groups is 1. The zero-order chi connectivity index (χ0) is 13.1. The van der Waals surface area contributed by atoms with Crippen LogP contribution in [0.25, 0.3) is 0 Å². The van der Waals surface area contributed by atoms with E-state index < -0.39 is 11.6 Å². The van der Waals surface area contributed by atoms with Gasteiger partial charge in [-0.25, -0.2) is 4.98 Å².